The van der Waals surface area contributed by atoms with Crippen LogP contribution in [-0.4, -0.2) is 34.2 Å². The third-order valence-electron chi connectivity index (χ3n) is 3.43. The number of rotatable bonds is 6. The van der Waals surface area contributed by atoms with Gasteiger partial charge in [0, 0.05) is 18.7 Å². The van der Waals surface area contributed by atoms with Gasteiger partial charge in [-0.2, -0.15) is 5.10 Å². The van der Waals surface area contributed by atoms with E-state index in [2.05, 4.69) is 15.5 Å². The van der Waals surface area contributed by atoms with Crippen LogP contribution in [0.3, 0.4) is 0 Å². The molecular formula is C14H24N4O2. The first kappa shape index (κ1) is 16.2. The molecule has 0 aliphatic rings. The number of aryl methyl sites for hydroxylation is 1. The SMILES string of the molecule is CCc1n[nH]c(=O)c(CNC(=O)N(CC)CC)c1CC. The molecule has 0 unspecified atom stereocenters. The fourth-order valence-electron chi connectivity index (χ4n) is 2.25. The zero-order chi connectivity index (χ0) is 15.1. The van der Waals surface area contributed by atoms with Crippen LogP contribution in [0.15, 0.2) is 4.79 Å². The first-order chi connectivity index (χ1) is 9.58. The molecule has 0 spiro atoms. The summed E-state index contributed by atoms with van der Waals surface area (Å²) in [6.07, 6.45) is 1.49. The number of aromatic nitrogens is 2. The highest BCUT2D eigenvalue weighted by Gasteiger charge is 2.14. The van der Waals surface area contributed by atoms with Crippen molar-refractivity contribution in [2.75, 3.05) is 13.1 Å². The van der Waals surface area contributed by atoms with E-state index in [-0.39, 0.29) is 18.1 Å². The number of carbonyl (C=O) groups is 1. The van der Waals surface area contributed by atoms with Gasteiger partial charge in [-0.15, -0.1) is 0 Å². The lowest BCUT2D eigenvalue weighted by Crippen LogP contribution is -2.40. The largest absolute Gasteiger partial charge is 0.334 e. The van der Waals surface area contributed by atoms with E-state index in [0.29, 0.717) is 18.7 Å². The van der Waals surface area contributed by atoms with E-state index in [9.17, 15) is 9.59 Å². The van der Waals surface area contributed by atoms with Crippen LogP contribution in [0.25, 0.3) is 0 Å². The van der Waals surface area contributed by atoms with Crippen LogP contribution in [0.4, 0.5) is 4.79 Å². The second-order valence-electron chi connectivity index (χ2n) is 4.49. The Hall–Kier alpha value is -1.85. The van der Waals surface area contributed by atoms with Crippen molar-refractivity contribution in [3.8, 4) is 0 Å². The molecule has 0 saturated heterocycles. The minimum Gasteiger partial charge on any atom is -0.334 e. The van der Waals surface area contributed by atoms with E-state index in [4.69, 9.17) is 0 Å². The van der Waals surface area contributed by atoms with Gasteiger partial charge in [-0.1, -0.05) is 13.8 Å². The number of urea groups is 1. The molecule has 0 bridgehead atoms. The molecule has 0 fully saturated rings. The number of nitrogens with zero attached hydrogens (tertiary/aromatic N) is 2. The zero-order valence-corrected chi connectivity index (χ0v) is 12.7. The van der Waals surface area contributed by atoms with Crippen LogP contribution < -0.4 is 10.9 Å². The van der Waals surface area contributed by atoms with Crippen molar-refractivity contribution in [1.82, 2.24) is 20.4 Å². The van der Waals surface area contributed by atoms with Gasteiger partial charge in [-0.05, 0) is 32.3 Å². The van der Waals surface area contributed by atoms with Gasteiger partial charge >= 0.3 is 6.03 Å². The highest BCUT2D eigenvalue weighted by atomic mass is 16.2. The molecule has 2 N–H and O–H groups in total. The normalized spacial score (nSPS) is 10.4. The molecule has 0 aliphatic heterocycles. The predicted octanol–water partition coefficient (Wildman–Crippen LogP) is 1.45. The van der Waals surface area contributed by atoms with Crippen molar-refractivity contribution in [2.24, 2.45) is 0 Å². The van der Waals surface area contributed by atoms with Crippen LogP contribution in [0, 0.1) is 0 Å². The standard InChI is InChI=1S/C14H24N4O2/c1-5-10-11(13(19)17-16-12(10)6-2)9-15-14(20)18(7-3)8-4/h5-9H2,1-4H3,(H,15,20)(H,17,19). The van der Waals surface area contributed by atoms with Crippen molar-refractivity contribution in [2.45, 2.75) is 47.1 Å². The summed E-state index contributed by atoms with van der Waals surface area (Å²) in [5, 5.41) is 9.37. The quantitative estimate of drug-likeness (QED) is 0.827. The Balaban J connectivity index is 2.92. The van der Waals surface area contributed by atoms with Crippen molar-refractivity contribution >= 4 is 6.03 Å². The molecule has 2 amide bonds. The van der Waals surface area contributed by atoms with Gasteiger partial charge in [0.15, 0.2) is 0 Å². The maximum atomic E-state index is 11.9. The molecule has 0 atom stereocenters. The smallest absolute Gasteiger partial charge is 0.317 e. The van der Waals surface area contributed by atoms with Crippen LogP contribution >= 0.6 is 0 Å². The highest BCUT2D eigenvalue weighted by molar-refractivity contribution is 5.74. The van der Waals surface area contributed by atoms with E-state index in [0.717, 1.165) is 24.1 Å². The van der Waals surface area contributed by atoms with Crippen LogP contribution in [0.1, 0.15) is 44.5 Å². The number of carbonyl (C=O) groups excluding carboxylic acids is 1. The number of hydrogen-bond acceptors (Lipinski definition) is 3. The number of amides is 2. The summed E-state index contributed by atoms with van der Waals surface area (Å²) in [5.41, 5.74) is 2.22. The Morgan fingerprint density at radius 1 is 1.15 bits per heavy atom. The molecule has 0 aliphatic carbocycles. The second-order valence-corrected chi connectivity index (χ2v) is 4.49. The average molecular weight is 280 g/mol. The van der Waals surface area contributed by atoms with E-state index < -0.39 is 0 Å². The van der Waals surface area contributed by atoms with Crippen LogP contribution in [0.5, 0.6) is 0 Å². The van der Waals surface area contributed by atoms with Gasteiger partial charge in [0.2, 0.25) is 0 Å². The molecule has 1 aromatic heterocycles. The molecule has 0 aromatic carbocycles. The Labute approximate surface area is 119 Å². The number of nitrogens with one attached hydrogen (secondary N) is 2. The predicted molar refractivity (Wildman–Crippen MR) is 78.8 cm³/mol. The minimum absolute atomic E-state index is 0.147. The van der Waals surface area contributed by atoms with Crippen molar-refractivity contribution in [3.05, 3.63) is 27.2 Å². The number of hydrogen-bond donors (Lipinski definition) is 2. The maximum Gasteiger partial charge on any atom is 0.317 e. The molecule has 112 valence electrons. The molecule has 6 heteroatoms. The Bertz CT molecular complexity index is 506. The van der Waals surface area contributed by atoms with Gasteiger partial charge < -0.3 is 10.2 Å². The summed E-state index contributed by atoms with van der Waals surface area (Å²) >= 11 is 0. The molecular weight excluding hydrogens is 256 g/mol. The summed E-state index contributed by atoms with van der Waals surface area (Å²) in [5.74, 6) is 0. The summed E-state index contributed by atoms with van der Waals surface area (Å²) in [6, 6.07) is -0.147. The maximum absolute atomic E-state index is 11.9. The monoisotopic (exact) mass is 280 g/mol. The second kappa shape index (κ2) is 7.67. The van der Waals surface area contributed by atoms with E-state index in [1.165, 1.54) is 0 Å². The van der Waals surface area contributed by atoms with Crippen LogP contribution in [0.2, 0.25) is 0 Å². The van der Waals surface area contributed by atoms with Crippen molar-refractivity contribution in [1.29, 1.82) is 0 Å². The summed E-state index contributed by atoms with van der Waals surface area (Å²) < 4.78 is 0. The molecule has 1 heterocycles. The Kier molecular flexibility index (Phi) is 6.21. The van der Waals surface area contributed by atoms with Crippen LogP contribution in [-0.2, 0) is 19.4 Å². The first-order valence-corrected chi connectivity index (χ1v) is 7.20. The van der Waals surface area contributed by atoms with Gasteiger partial charge in [0.05, 0.1) is 12.2 Å². The number of aromatic amines is 1. The van der Waals surface area contributed by atoms with Gasteiger partial charge in [0.1, 0.15) is 0 Å². The van der Waals surface area contributed by atoms with Crippen molar-refractivity contribution in [3.63, 3.8) is 0 Å². The first-order valence-electron chi connectivity index (χ1n) is 7.20. The summed E-state index contributed by atoms with van der Waals surface area (Å²) in [6.45, 7) is 9.38. The van der Waals surface area contributed by atoms with Gasteiger partial charge in [-0.3, -0.25) is 4.79 Å². The molecule has 0 saturated carbocycles. The van der Waals surface area contributed by atoms with Gasteiger partial charge in [-0.25, -0.2) is 9.89 Å². The zero-order valence-electron chi connectivity index (χ0n) is 12.7. The third kappa shape index (κ3) is 3.59. The highest BCUT2D eigenvalue weighted by Crippen LogP contribution is 2.10. The average Bonchev–Trinajstić information content (AvgIpc) is 2.46. The fourth-order valence-corrected chi connectivity index (χ4v) is 2.25. The number of H-pyrrole nitrogens is 1. The lowest BCUT2D eigenvalue weighted by molar-refractivity contribution is 0.203. The third-order valence-corrected chi connectivity index (χ3v) is 3.43. The fraction of sp³-hybridized carbons (Fsp3) is 0.643. The Morgan fingerprint density at radius 2 is 1.80 bits per heavy atom. The van der Waals surface area contributed by atoms with Gasteiger partial charge in [0.25, 0.3) is 5.56 Å². The lowest BCUT2D eigenvalue weighted by Gasteiger charge is -2.19. The topological polar surface area (TPSA) is 78.1 Å². The molecule has 20 heavy (non-hydrogen) atoms. The Morgan fingerprint density at radius 3 is 2.30 bits per heavy atom. The lowest BCUT2D eigenvalue weighted by atomic mass is 10.0. The minimum atomic E-state index is -0.223. The molecule has 6 nitrogen and oxygen atoms in total. The van der Waals surface area contributed by atoms with E-state index >= 15 is 0 Å². The van der Waals surface area contributed by atoms with Crippen molar-refractivity contribution < 1.29 is 4.79 Å². The molecule has 1 rings (SSSR count). The van der Waals surface area contributed by atoms with E-state index in [1.807, 2.05) is 27.7 Å². The summed E-state index contributed by atoms with van der Waals surface area (Å²) in [7, 11) is 0. The molecule has 0 radical (unpaired) electrons. The molecule has 1 aromatic rings. The van der Waals surface area contributed by atoms with E-state index in [1.54, 1.807) is 4.90 Å². The summed E-state index contributed by atoms with van der Waals surface area (Å²) in [4.78, 5) is 25.5.